The molecule has 0 spiro atoms. The monoisotopic (exact) mass is 569 g/mol. The van der Waals surface area contributed by atoms with Crippen LogP contribution in [0.1, 0.15) is 17.1 Å². The molecule has 1 aromatic heterocycles. The molecule has 0 aliphatic heterocycles. The lowest BCUT2D eigenvalue weighted by Gasteiger charge is -2.09. The molecule has 0 unspecified atom stereocenters. The number of rotatable bonds is 6. The minimum atomic E-state index is -4.61. The molecule has 4 amide bonds. The van der Waals surface area contributed by atoms with Crippen LogP contribution in [0.5, 0.6) is 0 Å². The molecule has 0 bridgehead atoms. The van der Waals surface area contributed by atoms with E-state index in [4.69, 9.17) is 27.6 Å². The van der Waals surface area contributed by atoms with Crippen LogP contribution < -0.4 is 21.4 Å². The van der Waals surface area contributed by atoms with E-state index in [1.165, 1.54) is 36.4 Å². The summed E-state index contributed by atoms with van der Waals surface area (Å²) >= 11 is 11.7. The molecular formula is C23H16Cl2F3N5O5. The van der Waals surface area contributed by atoms with Gasteiger partial charge < -0.3 is 20.4 Å². The first-order valence-electron chi connectivity index (χ1n) is 10.4. The van der Waals surface area contributed by atoms with Crippen LogP contribution in [-0.2, 0) is 31.9 Å². The van der Waals surface area contributed by atoms with Gasteiger partial charge in [-0.05, 0) is 48.5 Å². The lowest BCUT2D eigenvalue weighted by molar-refractivity contribution is -0.137. The van der Waals surface area contributed by atoms with Gasteiger partial charge in [0.15, 0.2) is 0 Å². The molecule has 198 valence electrons. The minimum Gasteiger partial charge on any atom is -0.458 e. The predicted octanol–water partition coefficient (Wildman–Crippen LogP) is 3.95. The predicted molar refractivity (Wildman–Crippen MR) is 131 cm³/mol. The van der Waals surface area contributed by atoms with Crippen molar-refractivity contribution in [2.24, 2.45) is 5.10 Å². The lowest BCUT2D eigenvalue weighted by atomic mass is 10.2. The molecule has 0 saturated carbocycles. The van der Waals surface area contributed by atoms with E-state index in [9.17, 15) is 32.3 Å². The standard InChI is InChI=1S/C23H16Cl2F3N5O5/c24-17-7-4-14(9-18(17)25)32-20(35)19(34)29-10-15-5-6-16(38-15)11-30-33-22(37)21(36)31-13-3-1-2-12(8-13)23(26,27)28/h1-9,11H,10H2,(H,29,34)(H,31,36)(H,32,35)(H,33,37)/b30-11+. The number of nitrogens with one attached hydrogen (secondary N) is 4. The molecule has 0 atom stereocenters. The van der Waals surface area contributed by atoms with Crippen molar-refractivity contribution in [2.45, 2.75) is 12.7 Å². The fourth-order valence-corrected chi connectivity index (χ4v) is 3.03. The zero-order chi connectivity index (χ0) is 27.9. The van der Waals surface area contributed by atoms with Crippen molar-refractivity contribution in [3.8, 4) is 0 Å². The number of carbonyl (C=O) groups excluding carboxylic acids is 4. The van der Waals surface area contributed by atoms with Gasteiger partial charge >= 0.3 is 29.8 Å². The van der Waals surface area contributed by atoms with Gasteiger partial charge in [-0.3, -0.25) is 19.2 Å². The van der Waals surface area contributed by atoms with Crippen LogP contribution in [0, 0.1) is 0 Å². The maximum Gasteiger partial charge on any atom is 0.416 e. The molecule has 3 aromatic rings. The fourth-order valence-electron chi connectivity index (χ4n) is 2.73. The van der Waals surface area contributed by atoms with E-state index < -0.39 is 35.4 Å². The van der Waals surface area contributed by atoms with Gasteiger partial charge in [-0.15, -0.1) is 0 Å². The van der Waals surface area contributed by atoms with E-state index in [0.29, 0.717) is 6.07 Å². The fraction of sp³-hybridized carbons (Fsp3) is 0.0870. The van der Waals surface area contributed by atoms with Crippen LogP contribution in [0.4, 0.5) is 24.5 Å². The maximum atomic E-state index is 12.8. The molecule has 10 nitrogen and oxygen atoms in total. The summed E-state index contributed by atoms with van der Waals surface area (Å²) in [5.41, 5.74) is 0.938. The summed E-state index contributed by atoms with van der Waals surface area (Å²) in [4.78, 5) is 47.7. The first-order chi connectivity index (χ1) is 17.9. The van der Waals surface area contributed by atoms with Crippen LogP contribution in [0.25, 0.3) is 0 Å². The normalized spacial score (nSPS) is 11.2. The summed E-state index contributed by atoms with van der Waals surface area (Å²) in [5, 5.41) is 10.7. The van der Waals surface area contributed by atoms with Gasteiger partial charge in [-0.1, -0.05) is 29.3 Å². The Kier molecular flexibility index (Phi) is 9.10. The number of furan rings is 1. The largest absolute Gasteiger partial charge is 0.458 e. The third kappa shape index (κ3) is 8.08. The van der Waals surface area contributed by atoms with Crippen molar-refractivity contribution >= 4 is 64.4 Å². The van der Waals surface area contributed by atoms with Crippen molar-refractivity contribution in [2.75, 3.05) is 10.6 Å². The zero-order valence-corrected chi connectivity index (χ0v) is 20.4. The third-order valence-electron chi connectivity index (χ3n) is 4.50. The van der Waals surface area contributed by atoms with Crippen LogP contribution >= 0.6 is 23.2 Å². The Balaban J connectivity index is 1.45. The molecular weight excluding hydrogens is 554 g/mol. The zero-order valence-electron chi connectivity index (χ0n) is 18.9. The Bertz CT molecular complexity index is 1410. The van der Waals surface area contributed by atoms with Gasteiger partial charge in [0, 0.05) is 11.4 Å². The molecule has 2 aromatic carbocycles. The van der Waals surface area contributed by atoms with Gasteiger partial charge in [-0.25, -0.2) is 5.43 Å². The highest BCUT2D eigenvalue weighted by molar-refractivity contribution is 6.43. The molecule has 0 radical (unpaired) electrons. The smallest absolute Gasteiger partial charge is 0.416 e. The van der Waals surface area contributed by atoms with Crippen LogP contribution in [-0.4, -0.2) is 29.8 Å². The summed E-state index contributed by atoms with van der Waals surface area (Å²) in [7, 11) is 0. The summed E-state index contributed by atoms with van der Waals surface area (Å²) in [6.07, 6.45) is -3.58. The highest BCUT2D eigenvalue weighted by Gasteiger charge is 2.30. The van der Waals surface area contributed by atoms with E-state index >= 15 is 0 Å². The Labute approximate surface area is 222 Å². The maximum absolute atomic E-state index is 12.8. The molecule has 0 aliphatic carbocycles. The quantitative estimate of drug-likeness (QED) is 0.202. The number of nitrogens with zero attached hydrogens (tertiary/aromatic N) is 1. The van der Waals surface area contributed by atoms with Crippen molar-refractivity contribution in [1.82, 2.24) is 10.7 Å². The van der Waals surface area contributed by atoms with Gasteiger partial charge in [0.25, 0.3) is 0 Å². The van der Waals surface area contributed by atoms with Gasteiger partial charge in [0.1, 0.15) is 11.5 Å². The first kappa shape index (κ1) is 28.2. The van der Waals surface area contributed by atoms with E-state index in [-0.39, 0.29) is 39.5 Å². The van der Waals surface area contributed by atoms with E-state index in [2.05, 4.69) is 15.7 Å². The Morgan fingerprint density at radius 1 is 0.842 bits per heavy atom. The number of benzene rings is 2. The SMILES string of the molecule is O=C(NCc1ccc(/C=N/NC(=O)C(=O)Nc2cccc(C(F)(F)F)c2)o1)C(=O)Nc1ccc(Cl)c(Cl)c1. The van der Waals surface area contributed by atoms with Crippen LogP contribution in [0.2, 0.25) is 10.0 Å². The average molecular weight is 570 g/mol. The van der Waals surface area contributed by atoms with Gasteiger partial charge in [0.2, 0.25) is 0 Å². The Morgan fingerprint density at radius 3 is 2.21 bits per heavy atom. The second kappa shape index (κ2) is 12.3. The number of hydrazone groups is 1. The highest BCUT2D eigenvalue weighted by atomic mass is 35.5. The summed E-state index contributed by atoms with van der Waals surface area (Å²) in [6, 6.07) is 10.9. The van der Waals surface area contributed by atoms with Crippen molar-refractivity contribution in [3.05, 3.63) is 81.7 Å². The van der Waals surface area contributed by atoms with Crippen LogP contribution in [0.15, 0.2) is 64.1 Å². The number of halogens is 5. The van der Waals surface area contributed by atoms with E-state index in [1.54, 1.807) is 0 Å². The summed E-state index contributed by atoms with van der Waals surface area (Å²) in [5.74, 6) is -4.05. The van der Waals surface area contributed by atoms with Gasteiger partial charge in [-0.2, -0.15) is 18.3 Å². The Morgan fingerprint density at radius 2 is 1.53 bits per heavy atom. The molecule has 1 heterocycles. The number of anilines is 2. The van der Waals surface area contributed by atoms with Crippen molar-refractivity contribution in [3.63, 3.8) is 0 Å². The third-order valence-corrected chi connectivity index (χ3v) is 5.24. The Hall–Kier alpha value is -4.36. The van der Waals surface area contributed by atoms with E-state index in [0.717, 1.165) is 18.3 Å². The van der Waals surface area contributed by atoms with Crippen LogP contribution in [0.3, 0.4) is 0 Å². The number of amides is 4. The highest BCUT2D eigenvalue weighted by Crippen LogP contribution is 2.30. The number of carbonyl (C=O) groups is 4. The lowest BCUT2D eigenvalue weighted by Crippen LogP contribution is -2.34. The first-order valence-corrected chi connectivity index (χ1v) is 11.1. The second-order valence-electron chi connectivity index (χ2n) is 7.30. The second-order valence-corrected chi connectivity index (χ2v) is 8.12. The number of hydrogen-bond acceptors (Lipinski definition) is 6. The molecule has 0 fully saturated rings. The topological polar surface area (TPSA) is 142 Å². The van der Waals surface area contributed by atoms with Crippen molar-refractivity contribution in [1.29, 1.82) is 0 Å². The minimum absolute atomic E-state index is 0.119. The average Bonchev–Trinajstić information content (AvgIpc) is 3.32. The van der Waals surface area contributed by atoms with Gasteiger partial charge in [0.05, 0.1) is 28.4 Å². The molecule has 0 saturated heterocycles. The number of alkyl halides is 3. The molecule has 15 heteroatoms. The molecule has 3 rings (SSSR count). The van der Waals surface area contributed by atoms with Crippen molar-refractivity contribution < 1.29 is 36.8 Å². The summed E-state index contributed by atoms with van der Waals surface area (Å²) < 4.78 is 43.6. The van der Waals surface area contributed by atoms with E-state index in [1.807, 2.05) is 10.7 Å². The number of hydrogen-bond donors (Lipinski definition) is 4. The molecule has 0 aliphatic rings. The molecule has 38 heavy (non-hydrogen) atoms. The molecule has 4 N–H and O–H groups in total. The summed E-state index contributed by atoms with van der Waals surface area (Å²) in [6.45, 7) is -0.160.